The molecular weight excluding hydrogens is 254 g/mol. The maximum atomic E-state index is 6.02. The van der Waals surface area contributed by atoms with Gasteiger partial charge in [-0.15, -0.1) is 0 Å². The van der Waals surface area contributed by atoms with E-state index in [9.17, 15) is 0 Å². The molecule has 1 aromatic carbocycles. The Morgan fingerprint density at radius 1 is 1.39 bits per heavy atom. The van der Waals surface area contributed by atoms with Crippen LogP contribution in [-0.2, 0) is 6.54 Å². The van der Waals surface area contributed by atoms with Gasteiger partial charge in [-0.05, 0) is 17.7 Å². The van der Waals surface area contributed by atoms with Gasteiger partial charge in [0, 0.05) is 6.54 Å². The standard InChI is InChI=1S/C11H12ClN5O/c1-18-9-3-2-7(4-8(9)12)5-14-11-16-6-15-10(13)17-11/h2-4,6H,5H2,1H3,(H3,13,14,15,16,17). The molecule has 6 nitrogen and oxygen atoms in total. The van der Waals surface area contributed by atoms with Crippen LogP contribution in [0.4, 0.5) is 11.9 Å². The van der Waals surface area contributed by atoms with Crippen molar-refractivity contribution in [2.75, 3.05) is 18.2 Å². The first-order valence-corrected chi connectivity index (χ1v) is 5.57. The summed E-state index contributed by atoms with van der Waals surface area (Å²) in [7, 11) is 1.58. The van der Waals surface area contributed by atoms with Crippen LogP contribution in [0.25, 0.3) is 0 Å². The summed E-state index contributed by atoms with van der Waals surface area (Å²) in [5.41, 5.74) is 6.44. The summed E-state index contributed by atoms with van der Waals surface area (Å²) in [6, 6.07) is 5.53. The first kappa shape index (κ1) is 12.4. The predicted molar refractivity (Wildman–Crippen MR) is 69.6 cm³/mol. The number of nitrogen functional groups attached to an aromatic ring is 1. The zero-order chi connectivity index (χ0) is 13.0. The van der Waals surface area contributed by atoms with E-state index in [1.807, 2.05) is 12.1 Å². The molecule has 0 aliphatic heterocycles. The minimum atomic E-state index is 0.181. The van der Waals surface area contributed by atoms with E-state index < -0.39 is 0 Å². The number of methoxy groups -OCH3 is 1. The molecule has 3 N–H and O–H groups in total. The van der Waals surface area contributed by atoms with Crippen LogP contribution in [0.5, 0.6) is 5.75 Å². The number of anilines is 2. The molecule has 0 fully saturated rings. The van der Waals surface area contributed by atoms with Crippen LogP contribution in [0.15, 0.2) is 24.5 Å². The molecule has 2 aromatic rings. The van der Waals surface area contributed by atoms with Gasteiger partial charge in [0.1, 0.15) is 12.1 Å². The number of aromatic nitrogens is 3. The van der Waals surface area contributed by atoms with Crippen molar-refractivity contribution in [3.63, 3.8) is 0 Å². The molecule has 0 aliphatic carbocycles. The second-order valence-electron chi connectivity index (χ2n) is 3.49. The molecule has 18 heavy (non-hydrogen) atoms. The van der Waals surface area contributed by atoms with Crippen molar-refractivity contribution in [1.29, 1.82) is 0 Å². The minimum absolute atomic E-state index is 0.181. The molecule has 0 aliphatic rings. The predicted octanol–water partition coefficient (Wildman–Crippen LogP) is 1.73. The maximum Gasteiger partial charge on any atom is 0.227 e. The van der Waals surface area contributed by atoms with E-state index in [2.05, 4.69) is 20.3 Å². The lowest BCUT2D eigenvalue weighted by Crippen LogP contribution is -2.06. The van der Waals surface area contributed by atoms with Crippen molar-refractivity contribution in [1.82, 2.24) is 15.0 Å². The summed E-state index contributed by atoms with van der Waals surface area (Å²) in [6.07, 6.45) is 1.35. The molecule has 0 unspecified atom stereocenters. The van der Waals surface area contributed by atoms with E-state index >= 15 is 0 Å². The molecule has 2 rings (SSSR count). The average Bonchev–Trinajstić information content (AvgIpc) is 2.37. The van der Waals surface area contributed by atoms with Gasteiger partial charge in [0.05, 0.1) is 12.1 Å². The molecule has 1 aromatic heterocycles. The van der Waals surface area contributed by atoms with Crippen LogP contribution < -0.4 is 15.8 Å². The van der Waals surface area contributed by atoms with Gasteiger partial charge in [-0.2, -0.15) is 4.98 Å². The summed E-state index contributed by atoms with van der Waals surface area (Å²) in [5.74, 6) is 1.25. The normalized spacial score (nSPS) is 10.1. The average molecular weight is 266 g/mol. The zero-order valence-electron chi connectivity index (χ0n) is 9.72. The summed E-state index contributed by atoms with van der Waals surface area (Å²) in [6.45, 7) is 0.535. The summed E-state index contributed by atoms with van der Waals surface area (Å²) >= 11 is 6.02. The van der Waals surface area contributed by atoms with Gasteiger partial charge >= 0.3 is 0 Å². The minimum Gasteiger partial charge on any atom is -0.495 e. The number of nitrogens with zero attached hydrogens (tertiary/aromatic N) is 3. The van der Waals surface area contributed by atoms with Crippen molar-refractivity contribution in [3.05, 3.63) is 35.1 Å². The number of hydrogen-bond donors (Lipinski definition) is 2. The first-order chi connectivity index (χ1) is 8.69. The fourth-order valence-electron chi connectivity index (χ4n) is 1.40. The number of hydrogen-bond acceptors (Lipinski definition) is 6. The van der Waals surface area contributed by atoms with Gasteiger partial charge in [0.25, 0.3) is 0 Å². The lowest BCUT2D eigenvalue weighted by molar-refractivity contribution is 0.415. The molecule has 0 saturated heterocycles. The number of benzene rings is 1. The quantitative estimate of drug-likeness (QED) is 0.876. The Balaban J connectivity index is 2.04. The van der Waals surface area contributed by atoms with E-state index in [1.165, 1.54) is 6.33 Å². The monoisotopic (exact) mass is 265 g/mol. The molecule has 7 heteroatoms. The van der Waals surface area contributed by atoms with Crippen molar-refractivity contribution >= 4 is 23.5 Å². The Kier molecular flexibility index (Phi) is 3.78. The molecule has 1 heterocycles. The molecule has 0 spiro atoms. The largest absolute Gasteiger partial charge is 0.495 e. The van der Waals surface area contributed by atoms with Gasteiger partial charge < -0.3 is 15.8 Å². The first-order valence-electron chi connectivity index (χ1n) is 5.20. The highest BCUT2D eigenvalue weighted by Gasteiger charge is 2.02. The highest BCUT2D eigenvalue weighted by atomic mass is 35.5. The second kappa shape index (κ2) is 5.50. The van der Waals surface area contributed by atoms with Crippen LogP contribution in [0, 0.1) is 0 Å². The molecule has 0 amide bonds. The van der Waals surface area contributed by atoms with Crippen molar-refractivity contribution in [3.8, 4) is 5.75 Å². The van der Waals surface area contributed by atoms with Crippen LogP contribution in [0.2, 0.25) is 5.02 Å². The number of nitrogens with two attached hydrogens (primary N) is 1. The van der Waals surface area contributed by atoms with Gasteiger partial charge in [0.15, 0.2) is 0 Å². The molecule has 0 bridgehead atoms. The zero-order valence-corrected chi connectivity index (χ0v) is 10.5. The number of rotatable bonds is 4. The van der Waals surface area contributed by atoms with Gasteiger partial charge in [-0.25, -0.2) is 9.97 Å². The second-order valence-corrected chi connectivity index (χ2v) is 3.90. The smallest absolute Gasteiger partial charge is 0.227 e. The Bertz CT molecular complexity index is 549. The lowest BCUT2D eigenvalue weighted by Gasteiger charge is -2.07. The highest BCUT2D eigenvalue weighted by Crippen LogP contribution is 2.25. The van der Waals surface area contributed by atoms with E-state index in [0.29, 0.717) is 23.3 Å². The molecule has 0 saturated carbocycles. The van der Waals surface area contributed by atoms with E-state index in [-0.39, 0.29) is 5.95 Å². The third-order valence-electron chi connectivity index (χ3n) is 2.26. The lowest BCUT2D eigenvalue weighted by atomic mass is 10.2. The Morgan fingerprint density at radius 2 is 2.22 bits per heavy atom. The van der Waals surface area contributed by atoms with E-state index in [0.717, 1.165) is 5.56 Å². The summed E-state index contributed by atoms with van der Waals surface area (Å²) in [4.78, 5) is 11.6. The van der Waals surface area contributed by atoms with Crippen molar-refractivity contribution in [2.45, 2.75) is 6.54 Å². The third-order valence-corrected chi connectivity index (χ3v) is 2.55. The summed E-state index contributed by atoms with van der Waals surface area (Å²) in [5, 5.41) is 3.59. The number of ether oxygens (including phenoxy) is 1. The number of nitrogens with one attached hydrogen (secondary N) is 1. The molecule has 94 valence electrons. The van der Waals surface area contributed by atoms with Gasteiger partial charge in [0.2, 0.25) is 11.9 Å². The van der Waals surface area contributed by atoms with Crippen LogP contribution in [-0.4, -0.2) is 22.1 Å². The van der Waals surface area contributed by atoms with Crippen LogP contribution in [0.1, 0.15) is 5.56 Å². The molecule has 0 atom stereocenters. The van der Waals surface area contributed by atoms with Crippen LogP contribution >= 0.6 is 11.6 Å². The maximum absolute atomic E-state index is 6.02. The van der Waals surface area contributed by atoms with E-state index in [1.54, 1.807) is 13.2 Å². The highest BCUT2D eigenvalue weighted by molar-refractivity contribution is 6.32. The van der Waals surface area contributed by atoms with Crippen LogP contribution in [0.3, 0.4) is 0 Å². The topological polar surface area (TPSA) is 86.0 Å². The fraction of sp³-hybridized carbons (Fsp3) is 0.182. The Morgan fingerprint density at radius 3 is 2.89 bits per heavy atom. The van der Waals surface area contributed by atoms with E-state index in [4.69, 9.17) is 22.1 Å². The summed E-state index contributed by atoms with van der Waals surface area (Å²) < 4.78 is 5.08. The Labute approximate surface area is 109 Å². The third kappa shape index (κ3) is 2.98. The molecule has 0 radical (unpaired) electrons. The molecular formula is C11H12ClN5O. The van der Waals surface area contributed by atoms with Crippen molar-refractivity contribution < 1.29 is 4.74 Å². The van der Waals surface area contributed by atoms with Gasteiger partial charge in [-0.1, -0.05) is 17.7 Å². The Hall–Kier alpha value is -2.08. The fourth-order valence-corrected chi connectivity index (χ4v) is 1.68. The van der Waals surface area contributed by atoms with Gasteiger partial charge in [-0.3, -0.25) is 0 Å². The number of halogens is 1. The van der Waals surface area contributed by atoms with Crippen molar-refractivity contribution in [2.24, 2.45) is 0 Å². The SMILES string of the molecule is COc1ccc(CNc2ncnc(N)n2)cc1Cl.